The third-order valence-corrected chi connectivity index (χ3v) is 2.65. The second-order valence-electron chi connectivity index (χ2n) is 2.41. The van der Waals surface area contributed by atoms with E-state index in [0.717, 1.165) is 22.6 Å². The maximum Gasteiger partial charge on any atom is 0.0291 e. The number of hydrogen-bond acceptors (Lipinski definition) is 2. The SMILES string of the molecule is S=C1CCCCCC1=S. The van der Waals surface area contributed by atoms with Crippen LogP contribution in [0.1, 0.15) is 32.1 Å². The van der Waals surface area contributed by atoms with Crippen LogP contribution in [0.15, 0.2) is 0 Å². The highest BCUT2D eigenvalue weighted by molar-refractivity contribution is 7.89. The summed E-state index contributed by atoms with van der Waals surface area (Å²) in [6.07, 6.45) is 5.93. The van der Waals surface area contributed by atoms with Gasteiger partial charge in [-0.1, -0.05) is 30.9 Å². The molecule has 9 heavy (non-hydrogen) atoms. The Morgan fingerprint density at radius 1 is 0.778 bits per heavy atom. The van der Waals surface area contributed by atoms with E-state index in [1.165, 1.54) is 19.3 Å². The average molecular weight is 158 g/mol. The van der Waals surface area contributed by atoms with Crippen molar-refractivity contribution in [3.8, 4) is 0 Å². The zero-order valence-corrected chi connectivity index (χ0v) is 6.99. The molecule has 0 saturated heterocycles. The zero-order valence-electron chi connectivity index (χ0n) is 5.35. The first-order valence-electron chi connectivity index (χ1n) is 3.37. The molecule has 0 aliphatic heterocycles. The lowest BCUT2D eigenvalue weighted by Crippen LogP contribution is -2.04. The normalized spacial score (nSPS) is 21.8. The van der Waals surface area contributed by atoms with Gasteiger partial charge in [0, 0.05) is 9.73 Å². The molecule has 0 amide bonds. The molecular weight excluding hydrogens is 148 g/mol. The van der Waals surface area contributed by atoms with Crippen LogP contribution in [0.2, 0.25) is 0 Å². The van der Waals surface area contributed by atoms with Crippen molar-refractivity contribution in [1.29, 1.82) is 0 Å². The molecule has 0 aromatic carbocycles. The highest BCUT2D eigenvalue weighted by atomic mass is 32.1. The van der Waals surface area contributed by atoms with Crippen molar-refractivity contribution in [1.82, 2.24) is 0 Å². The van der Waals surface area contributed by atoms with Gasteiger partial charge in [-0.2, -0.15) is 0 Å². The van der Waals surface area contributed by atoms with Gasteiger partial charge in [-0.05, 0) is 25.7 Å². The van der Waals surface area contributed by atoms with E-state index in [1.807, 2.05) is 0 Å². The van der Waals surface area contributed by atoms with Crippen molar-refractivity contribution in [3.05, 3.63) is 0 Å². The molecule has 1 rings (SSSR count). The van der Waals surface area contributed by atoms with Gasteiger partial charge in [0.05, 0.1) is 0 Å². The summed E-state index contributed by atoms with van der Waals surface area (Å²) in [5.41, 5.74) is 0. The summed E-state index contributed by atoms with van der Waals surface area (Å²) < 4.78 is 0. The minimum absolute atomic E-state index is 1.04. The Morgan fingerprint density at radius 2 is 1.22 bits per heavy atom. The molecule has 1 aliphatic rings. The fourth-order valence-corrected chi connectivity index (χ4v) is 1.52. The van der Waals surface area contributed by atoms with Gasteiger partial charge in [0.2, 0.25) is 0 Å². The summed E-state index contributed by atoms with van der Waals surface area (Å²) in [4.78, 5) is 2.09. The van der Waals surface area contributed by atoms with E-state index in [2.05, 4.69) is 0 Å². The molecule has 0 N–H and O–H groups in total. The van der Waals surface area contributed by atoms with E-state index in [1.54, 1.807) is 0 Å². The molecule has 1 saturated carbocycles. The van der Waals surface area contributed by atoms with Gasteiger partial charge in [0.15, 0.2) is 0 Å². The first-order chi connectivity index (χ1) is 4.30. The van der Waals surface area contributed by atoms with E-state index in [9.17, 15) is 0 Å². The summed E-state index contributed by atoms with van der Waals surface area (Å²) in [6, 6.07) is 0. The monoisotopic (exact) mass is 158 g/mol. The molecule has 50 valence electrons. The van der Waals surface area contributed by atoms with Gasteiger partial charge < -0.3 is 0 Å². The third kappa shape index (κ3) is 2.11. The van der Waals surface area contributed by atoms with Gasteiger partial charge in [0.25, 0.3) is 0 Å². The third-order valence-electron chi connectivity index (χ3n) is 1.62. The summed E-state index contributed by atoms with van der Waals surface area (Å²) in [6.45, 7) is 0. The molecule has 0 bridgehead atoms. The van der Waals surface area contributed by atoms with Crippen LogP contribution in [0, 0.1) is 0 Å². The van der Waals surface area contributed by atoms with Crippen LogP contribution in [0.3, 0.4) is 0 Å². The first kappa shape index (κ1) is 7.29. The molecule has 1 fully saturated rings. The van der Waals surface area contributed by atoms with Crippen LogP contribution in [-0.4, -0.2) is 9.73 Å². The maximum absolute atomic E-state index is 5.07. The van der Waals surface area contributed by atoms with Gasteiger partial charge in [0.1, 0.15) is 0 Å². The van der Waals surface area contributed by atoms with Crippen molar-refractivity contribution >= 4 is 34.2 Å². The Morgan fingerprint density at radius 3 is 1.67 bits per heavy atom. The summed E-state index contributed by atoms with van der Waals surface area (Å²) in [7, 11) is 0. The van der Waals surface area contributed by atoms with E-state index >= 15 is 0 Å². The van der Waals surface area contributed by atoms with Crippen LogP contribution in [0.4, 0.5) is 0 Å². The second kappa shape index (κ2) is 3.37. The predicted molar refractivity (Wildman–Crippen MR) is 48.3 cm³/mol. The van der Waals surface area contributed by atoms with E-state index < -0.39 is 0 Å². The second-order valence-corrected chi connectivity index (χ2v) is 3.39. The quantitative estimate of drug-likeness (QED) is 0.393. The molecule has 0 aromatic heterocycles. The highest BCUT2D eigenvalue weighted by Gasteiger charge is 2.08. The standard InChI is InChI=1S/C7H10S2/c8-6-4-2-1-3-5-7(6)9/h1-5H2. The van der Waals surface area contributed by atoms with Crippen LogP contribution in [0.25, 0.3) is 0 Å². The summed E-state index contributed by atoms with van der Waals surface area (Å²) in [5.74, 6) is 0. The molecule has 0 unspecified atom stereocenters. The van der Waals surface area contributed by atoms with Crippen molar-refractivity contribution in [3.63, 3.8) is 0 Å². The van der Waals surface area contributed by atoms with Gasteiger partial charge in [-0.3, -0.25) is 0 Å². The molecule has 0 atom stereocenters. The van der Waals surface area contributed by atoms with Crippen molar-refractivity contribution < 1.29 is 0 Å². The average Bonchev–Trinajstić information content (AvgIpc) is 1.99. The van der Waals surface area contributed by atoms with Crippen molar-refractivity contribution in [2.45, 2.75) is 32.1 Å². The van der Waals surface area contributed by atoms with Crippen LogP contribution < -0.4 is 0 Å². The molecule has 0 aromatic rings. The molecule has 0 nitrogen and oxygen atoms in total. The van der Waals surface area contributed by atoms with Crippen LogP contribution >= 0.6 is 24.4 Å². The molecular formula is C7H10S2. The summed E-state index contributed by atoms with van der Waals surface area (Å²) >= 11 is 10.1. The van der Waals surface area contributed by atoms with Crippen LogP contribution in [0.5, 0.6) is 0 Å². The lowest BCUT2D eigenvalue weighted by Gasteiger charge is -1.95. The Labute approximate surface area is 66.6 Å². The Hall–Kier alpha value is 0.180. The number of thiocarbonyl (C=S) groups is 2. The van der Waals surface area contributed by atoms with E-state index in [-0.39, 0.29) is 0 Å². The van der Waals surface area contributed by atoms with Crippen molar-refractivity contribution in [2.24, 2.45) is 0 Å². The molecule has 0 radical (unpaired) electrons. The van der Waals surface area contributed by atoms with Gasteiger partial charge in [-0.15, -0.1) is 0 Å². The molecule has 1 aliphatic carbocycles. The largest absolute Gasteiger partial charge is 0.0837 e. The topological polar surface area (TPSA) is 0 Å². The molecule has 0 spiro atoms. The first-order valence-corrected chi connectivity index (χ1v) is 4.18. The lowest BCUT2D eigenvalue weighted by atomic mass is 10.2. The Balaban J connectivity index is 2.51. The zero-order chi connectivity index (χ0) is 6.69. The lowest BCUT2D eigenvalue weighted by molar-refractivity contribution is 0.737. The molecule has 0 heterocycles. The number of rotatable bonds is 0. The molecule has 2 heteroatoms. The van der Waals surface area contributed by atoms with Crippen LogP contribution in [-0.2, 0) is 0 Å². The van der Waals surface area contributed by atoms with E-state index in [0.29, 0.717) is 0 Å². The van der Waals surface area contributed by atoms with Gasteiger partial charge in [-0.25, -0.2) is 0 Å². The smallest absolute Gasteiger partial charge is 0.0291 e. The van der Waals surface area contributed by atoms with Gasteiger partial charge >= 0.3 is 0 Å². The number of hydrogen-bond donors (Lipinski definition) is 0. The Bertz CT molecular complexity index is 122. The maximum atomic E-state index is 5.07. The Kier molecular flexibility index (Phi) is 2.73. The fraction of sp³-hybridized carbons (Fsp3) is 0.714. The van der Waals surface area contributed by atoms with E-state index in [4.69, 9.17) is 24.4 Å². The van der Waals surface area contributed by atoms with Crippen molar-refractivity contribution in [2.75, 3.05) is 0 Å². The minimum Gasteiger partial charge on any atom is -0.0837 e. The summed E-state index contributed by atoms with van der Waals surface area (Å²) in [5, 5.41) is 0. The predicted octanol–water partition coefficient (Wildman–Crippen LogP) is 2.69. The highest BCUT2D eigenvalue weighted by Crippen LogP contribution is 2.13. The fourth-order valence-electron chi connectivity index (χ4n) is 1.03. The minimum atomic E-state index is 1.04.